The van der Waals surface area contributed by atoms with E-state index in [1.54, 1.807) is 0 Å². The van der Waals surface area contributed by atoms with Crippen LogP contribution in [0.2, 0.25) is 0 Å². The zero-order valence-corrected chi connectivity index (χ0v) is 15.5. The number of benzene rings is 1. The number of hydrogen-bond donors (Lipinski definition) is 0. The molecule has 25 heavy (non-hydrogen) atoms. The summed E-state index contributed by atoms with van der Waals surface area (Å²) < 4.78 is 5.49. The van der Waals surface area contributed by atoms with Crippen LogP contribution >= 0.6 is 0 Å². The van der Waals surface area contributed by atoms with E-state index in [0.29, 0.717) is 19.1 Å². The fourth-order valence-corrected chi connectivity index (χ4v) is 3.19. The number of hydrogen-bond acceptors (Lipinski definition) is 4. The summed E-state index contributed by atoms with van der Waals surface area (Å²) in [6.07, 6.45) is 3.51. The number of nitrogens with zero attached hydrogens (tertiary/aromatic N) is 3. The Kier molecular flexibility index (Phi) is 4.95. The molecule has 1 amide bonds. The van der Waals surface area contributed by atoms with E-state index in [0.717, 1.165) is 18.5 Å². The van der Waals surface area contributed by atoms with Gasteiger partial charge >= 0.3 is 6.09 Å². The number of fused-ring (bicyclic) bond motifs is 1. The Hall–Kier alpha value is -2.14. The molecule has 0 saturated carbocycles. The minimum atomic E-state index is -0.447. The van der Waals surface area contributed by atoms with Gasteiger partial charge < -0.3 is 9.64 Å². The van der Waals surface area contributed by atoms with Crippen LogP contribution in [-0.2, 0) is 11.3 Å². The smallest absolute Gasteiger partial charge is 0.410 e. The quantitative estimate of drug-likeness (QED) is 0.836. The zero-order chi connectivity index (χ0) is 18.0. The first-order valence-electron chi connectivity index (χ1n) is 8.86. The van der Waals surface area contributed by atoms with Crippen LogP contribution in [0.15, 0.2) is 36.7 Å². The molecule has 1 atom stereocenters. The van der Waals surface area contributed by atoms with Crippen molar-refractivity contribution in [3.05, 3.63) is 42.2 Å². The van der Waals surface area contributed by atoms with Crippen molar-refractivity contribution in [1.29, 1.82) is 0 Å². The molecule has 5 heteroatoms. The zero-order valence-electron chi connectivity index (χ0n) is 15.5. The molecule has 0 spiro atoms. The third kappa shape index (κ3) is 4.48. The second-order valence-corrected chi connectivity index (χ2v) is 7.80. The van der Waals surface area contributed by atoms with Crippen LogP contribution in [0, 0.1) is 0 Å². The number of carbonyl (C=O) groups is 1. The lowest BCUT2D eigenvalue weighted by molar-refractivity contribution is 0.00462. The Balaban J connectivity index is 1.62. The van der Waals surface area contributed by atoms with Crippen molar-refractivity contribution in [2.45, 2.75) is 45.9 Å². The number of rotatable bonds is 2. The summed E-state index contributed by atoms with van der Waals surface area (Å²) in [6, 6.07) is 8.86. The van der Waals surface area contributed by atoms with E-state index < -0.39 is 5.60 Å². The SMILES string of the molecule is C[C@H]1CN(C(=O)OC(C)(C)C)CCN1Cc1ccc2cnccc2c1. The van der Waals surface area contributed by atoms with Gasteiger partial charge in [-0.15, -0.1) is 0 Å². The van der Waals surface area contributed by atoms with Crippen LogP contribution in [-0.4, -0.2) is 52.2 Å². The fraction of sp³-hybridized carbons (Fsp3) is 0.500. The van der Waals surface area contributed by atoms with Gasteiger partial charge in [-0.1, -0.05) is 12.1 Å². The van der Waals surface area contributed by atoms with E-state index in [9.17, 15) is 4.79 Å². The van der Waals surface area contributed by atoms with Gasteiger partial charge in [0.2, 0.25) is 0 Å². The third-order valence-corrected chi connectivity index (χ3v) is 4.51. The highest BCUT2D eigenvalue weighted by atomic mass is 16.6. The molecule has 1 saturated heterocycles. The van der Waals surface area contributed by atoms with Gasteiger partial charge in [0.1, 0.15) is 5.60 Å². The Morgan fingerprint density at radius 1 is 1.24 bits per heavy atom. The van der Waals surface area contributed by atoms with Crippen molar-refractivity contribution >= 4 is 16.9 Å². The number of ether oxygens (including phenoxy) is 1. The highest BCUT2D eigenvalue weighted by molar-refractivity contribution is 5.82. The topological polar surface area (TPSA) is 45.7 Å². The van der Waals surface area contributed by atoms with Gasteiger partial charge in [-0.25, -0.2) is 4.79 Å². The summed E-state index contributed by atoms with van der Waals surface area (Å²) in [7, 11) is 0. The minimum absolute atomic E-state index is 0.211. The van der Waals surface area contributed by atoms with Crippen molar-refractivity contribution in [2.24, 2.45) is 0 Å². The van der Waals surface area contributed by atoms with Crippen molar-refractivity contribution in [1.82, 2.24) is 14.8 Å². The number of piperazine rings is 1. The molecule has 1 aliphatic rings. The van der Waals surface area contributed by atoms with Gasteiger partial charge in [0.25, 0.3) is 0 Å². The van der Waals surface area contributed by atoms with Crippen molar-refractivity contribution < 1.29 is 9.53 Å². The van der Waals surface area contributed by atoms with E-state index in [-0.39, 0.29) is 6.09 Å². The molecule has 1 fully saturated rings. The lowest BCUT2D eigenvalue weighted by Crippen LogP contribution is -2.54. The highest BCUT2D eigenvalue weighted by Gasteiger charge is 2.29. The van der Waals surface area contributed by atoms with Crippen LogP contribution < -0.4 is 0 Å². The van der Waals surface area contributed by atoms with Gasteiger partial charge in [0, 0.05) is 50.0 Å². The first kappa shape index (κ1) is 17.7. The molecule has 0 aliphatic carbocycles. The molecule has 2 aromatic rings. The molecule has 0 radical (unpaired) electrons. The van der Waals surface area contributed by atoms with Crippen LogP contribution in [0.25, 0.3) is 10.8 Å². The highest BCUT2D eigenvalue weighted by Crippen LogP contribution is 2.19. The average Bonchev–Trinajstić information content (AvgIpc) is 2.55. The van der Waals surface area contributed by atoms with E-state index in [1.807, 2.05) is 44.1 Å². The van der Waals surface area contributed by atoms with Gasteiger partial charge in [0.15, 0.2) is 0 Å². The van der Waals surface area contributed by atoms with E-state index in [1.165, 1.54) is 10.9 Å². The fourth-order valence-electron chi connectivity index (χ4n) is 3.19. The summed E-state index contributed by atoms with van der Waals surface area (Å²) in [5.74, 6) is 0. The van der Waals surface area contributed by atoms with Gasteiger partial charge in [-0.05, 0) is 50.8 Å². The van der Waals surface area contributed by atoms with Crippen LogP contribution in [0.1, 0.15) is 33.3 Å². The molecule has 2 heterocycles. The average molecular weight is 341 g/mol. The minimum Gasteiger partial charge on any atom is -0.444 e. The predicted octanol–water partition coefficient (Wildman–Crippen LogP) is 3.68. The molecule has 0 unspecified atom stereocenters. The number of amides is 1. The lowest BCUT2D eigenvalue weighted by Gasteiger charge is -2.40. The summed E-state index contributed by atoms with van der Waals surface area (Å²) in [5.41, 5.74) is 0.841. The first-order chi connectivity index (χ1) is 11.8. The standard InChI is InChI=1S/C20H27N3O2/c1-15-13-23(19(24)25-20(2,3)4)10-9-22(15)14-16-5-6-18-12-21-8-7-17(18)11-16/h5-8,11-12,15H,9-10,13-14H2,1-4H3/t15-/m0/s1. The van der Waals surface area contributed by atoms with Crippen molar-refractivity contribution in [3.63, 3.8) is 0 Å². The maximum Gasteiger partial charge on any atom is 0.410 e. The largest absolute Gasteiger partial charge is 0.444 e. The molecular formula is C20H27N3O2. The number of pyridine rings is 1. The van der Waals surface area contributed by atoms with E-state index >= 15 is 0 Å². The molecule has 5 nitrogen and oxygen atoms in total. The summed E-state index contributed by atoms with van der Waals surface area (Å²) >= 11 is 0. The maximum atomic E-state index is 12.2. The second-order valence-electron chi connectivity index (χ2n) is 7.80. The first-order valence-corrected chi connectivity index (χ1v) is 8.86. The van der Waals surface area contributed by atoms with Crippen molar-refractivity contribution in [2.75, 3.05) is 19.6 Å². The molecular weight excluding hydrogens is 314 g/mol. The van der Waals surface area contributed by atoms with Gasteiger partial charge in [0.05, 0.1) is 0 Å². The Labute approximate surface area is 149 Å². The molecule has 1 aliphatic heterocycles. The Bertz CT molecular complexity index is 754. The van der Waals surface area contributed by atoms with Crippen molar-refractivity contribution in [3.8, 4) is 0 Å². The molecule has 1 aromatic heterocycles. The van der Waals surface area contributed by atoms with E-state index in [4.69, 9.17) is 4.74 Å². The molecule has 1 aromatic carbocycles. The molecule has 0 bridgehead atoms. The third-order valence-electron chi connectivity index (χ3n) is 4.51. The maximum absolute atomic E-state index is 12.2. The summed E-state index contributed by atoms with van der Waals surface area (Å²) in [5, 5.41) is 2.38. The van der Waals surface area contributed by atoms with Crippen LogP contribution in [0.4, 0.5) is 4.79 Å². The molecule has 3 rings (SSSR count). The normalized spacial score (nSPS) is 19.2. The lowest BCUT2D eigenvalue weighted by atomic mass is 10.1. The van der Waals surface area contributed by atoms with Gasteiger partial charge in [-0.3, -0.25) is 9.88 Å². The Morgan fingerprint density at radius 2 is 2.04 bits per heavy atom. The number of aromatic nitrogens is 1. The van der Waals surface area contributed by atoms with Crippen LogP contribution in [0.5, 0.6) is 0 Å². The van der Waals surface area contributed by atoms with E-state index in [2.05, 4.69) is 35.0 Å². The molecule has 0 N–H and O–H groups in total. The summed E-state index contributed by atoms with van der Waals surface area (Å²) in [4.78, 5) is 20.6. The number of carbonyl (C=O) groups excluding carboxylic acids is 1. The summed E-state index contributed by atoms with van der Waals surface area (Å²) in [6.45, 7) is 11.0. The molecule has 134 valence electrons. The van der Waals surface area contributed by atoms with Gasteiger partial charge in [-0.2, -0.15) is 0 Å². The second kappa shape index (κ2) is 7.00. The predicted molar refractivity (Wildman–Crippen MR) is 99.4 cm³/mol. The Morgan fingerprint density at radius 3 is 2.76 bits per heavy atom. The monoisotopic (exact) mass is 341 g/mol. The van der Waals surface area contributed by atoms with Crippen LogP contribution in [0.3, 0.4) is 0 Å².